The van der Waals surface area contributed by atoms with Gasteiger partial charge < -0.3 is 9.47 Å². The highest BCUT2D eigenvalue weighted by Gasteiger charge is 2.46. The van der Waals surface area contributed by atoms with Crippen molar-refractivity contribution in [2.45, 2.75) is 47.1 Å². The second-order valence-electron chi connectivity index (χ2n) is 5.38. The molecule has 1 rings (SSSR count). The second kappa shape index (κ2) is 4.48. The standard InChI is InChI=1S/C13H22O3/c1-8(2)7-10-13(4,5)11(9(3)16-10)12(14)15-6/h8,10H,7H2,1-6H3. The highest BCUT2D eigenvalue weighted by atomic mass is 16.5. The molecule has 0 aliphatic carbocycles. The van der Waals surface area contributed by atoms with E-state index in [0.717, 1.165) is 6.42 Å². The summed E-state index contributed by atoms with van der Waals surface area (Å²) in [4.78, 5) is 11.7. The highest BCUT2D eigenvalue weighted by molar-refractivity contribution is 5.91. The Morgan fingerprint density at radius 1 is 1.50 bits per heavy atom. The molecule has 3 nitrogen and oxygen atoms in total. The Balaban J connectivity index is 2.94. The van der Waals surface area contributed by atoms with E-state index < -0.39 is 0 Å². The summed E-state index contributed by atoms with van der Waals surface area (Å²) in [5.41, 5.74) is 0.419. The summed E-state index contributed by atoms with van der Waals surface area (Å²) < 4.78 is 10.6. The van der Waals surface area contributed by atoms with Gasteiger partial charge in [-0.3, -0.25) is 0 Å². The third kappa shape index (κ3) is 2.23. The van der Waals surface area contributed by atoms with E-state index in [1.165, 1.54) is 7.11 Å². The number of ether oxygens (including phenoxy) is 2. The fourth-order valence-corrected chi connectivity index (χ4v) is 2.31. The average Bonchev–Trinajstić information content (AvgIpc) is 2.35. The molecule has 1 heterocycles. The summed E-state index contributed by atoms with van der Waals surface area (Å²) in [5, 5.41) is 0. The van der Waals surface area contributed by atoms with Crippen LogP contribution in [0.2, 0.25) is 0 Å². The first kappa shape index (κ1) is 13.1. The van der Waals surface area contributed by atoms with E-state index in [0.29, 0.717) is 17.3 Å². The lowest BCUT2D eigenvalue weighted by molar-refractivity contribution is -0.137. The van der Waals surface area contributed by atoms with Crippen LogP contribution in [0.5, 0.6) is 0 Å². The molecule has 0 spiro atoms. The van der Waals surface area contributed by atoms with E-state index in [1.54, 1.807) is 0 Å². The summed E-state index contributed by atoms with van der Waals surface area (Å²) in [5.74, 6) is 0.991. The highest BCUT2D eigenvalue weighted by Crippen LogP contribution is 2.44. The van der Waals surface area contributed by atoms with E-state index in [-0.39, 0.29) is 17.5 Å². The van der Waals surface area contributed by atoms with Crippen LogP contribution in [0.15, 0.2) is 11.3 Å². The van der Waals surface area contributed by atoms with Crippen LogP contribution in [0.4, 0.5) is 0 Å². The molecule has 0 aromatic rings. The van der Waals surface area contributed by atoms with Gasteiger partial charge in [-0.25, -0.2) is 4.79 Å². The molecule has 0 saturated carbocycles. The lowest BCUT2D eigenvalue weighted by Crippen LogP contribution is -2.31. The fourth-order valence-electron chi connectivity index (χ4n) is 2.31. The molecule has 0 fully saturated rings. The summed E-state index contributed by atoms with van der Waals surface area (Å²) in [6.07, 6.45) is 1.02. The molecule has 0 amide bonds. The molecule has 1 unspecified atom stereocenters. The Labute approximate surface area is 97.8 Å². The number of carbonyl (C=O) groups is 1. The minimum atomic E-state index is -0.270. The molecule has 0 N–H and O–H groups in total. The summed E-state index contributed by atoms with van der Waals surface area (Å²) >= 11 is 0. The molecule has 1 aliphatic heterocycles. The minimum Gasteiger partial charge on any atom is -0.494 e. The van der Waals surface area contributed by atoms with E-state index >= 15 is 0 Å². The van der Waals surface area contributed by atoms with Crippen LogP contribution in [0.25, 0.3) is 0 Å². The first-order valence-electron chi connectivity index (χ1n) is 5.77. The molecule has 0 radical (unpaired) electrons. The monoisotopic (exact) mass is 226 g/mol. The van der Waals surface area contributed by atoms with Gasteiger partial charge in [-0.05, 0) is 19.3 Å². The van der Waals surface area contributed by atoms with Crippen molar-refractivity contribution in [3.05, 3.63) is 11.3 Å². The zero-order chi connectivity index (χ0) is 12.5. The fraction of sp³-hybridized carbons (Fsp3) is 0.769. The number of hydrogen-bond acceptors (Lipinski definition) is 3. The molecule has 16 heavy (non-hydrogen) atoms. The lowest BCUT2D eigenvalue weighted by atomic mass is 9.77. The Morgan fingerprint density at radius 2 is 2.06 bits per heavy atom. The van der Waals surface area contributed by atoms with Crippen molar-refractivity contribution in [3.8, 4) is 0 Å². The summed E-state index contributed by atoms with van der Waals surface area (Å²) in [6.45, 7) is 10.2. The van der Waals surface area contributed by atoms with Gasteiger partial charge in [-0.15, -0.1) is 0 Å². The van der Waals surface area contributed by atoms with Gasteiger partial charge in [0.1, 0.15) is 11.9 Å². The zero-order valence-corrected chi connectivity index (χ0v) is 11.1. The maximum atomic E-state index is 11.7. The number of carbonyl (C=O) groups excluding carboxylic acids is 1. The molecule has 3 heteroatoms. The predicted molar refractivity (Wildman–Crippen MR) is 62.8 cm³/mol. The Kier molecular flexibility index (Phi) is 3.66. The van der Waals surface area contributed by atoms with E-state index in [4.69, 9.17) is 9.47 Å². The third-order valence-corrected chi connectivity index (χ3v) is 3.20. The maximum Gasteiger partial charge on any atom is 0.337 e. The van der Waals surface area contributed by atoms with Gasteiger partial charge in [-0.1, -0.05) is 27.7 Å². The van der Waals surface area contributed by atoms with Gasteiger partial charge in [0.2, 0.25) is 0 Å². The van der Waals surface area contributed by atoms with E-state index in [2.05, 4.69) is 13.8 Å². The number of methoxy groups -OCH3 is 1. The van der Waals surface area contributed by atoms with Crippen LogP contribution in [0.3, 0.4) is 0 Å². The quantitative estimate of drug-likeness (QED) is 0.694. The molecular weight excluding hydrogens is 204 g/mol. The molecular formula is C13H22O3. The van der Waals surface area contributed by atoms with Crippen LogP contribution in [-0.2, 0) is 14.3 Å². The van der Waals surface area contributed by atoms with Crippen molar-refractivity contribution in [1.82, 2.24) is 0 Å². The van der Waals surface area contributed by atoms with Gasteiger partial charge in [0.05, 0.1) is 12.7 Å². The number of allylic oxidation sites excluding steroid dienone is 1. The van der Waals surface area contributed by atoms with Gasteiger partial charge >= 0.3 is 5.97 Å². The van der Waals surface area contributed by atoms with E-state index in [9.17, 15) is 4.79 Å². The number of esters is 1. The number of rotatable bonds is 3. The smallest absolute Gasteiger partial charge is 0.337 e. The maximum absolute atomic E-state index is 11.7. The van der Waals surface area contributed by atoms with Crippen molar-refractivity contribution in [3.63, 3.8) is 0 Å². The Morgan fingerprint density at radius 3 is 2.50 bits per heavy atom. The van der Waals surface area contributed by atoms with Crippen LogP contribution in [0.1, 0.15) is 41.0 Å². The van der Waals surface area contributed by atoms with Gasteiger partial charge in [0.25, 0.3) is 0 Å². The van der Waals surface area contributed by atoms with Crippen LogP contribution in [0, 0.1) is 11.3 Å². The van der Waals surface area contributed by atoms with Crippen molar-refractivity contribution in [2.24, 2.45) is 11.3 Å². The third-order valence-electron chi connectivity index (χ3n) is 3.20. The van der Waals surface area contributed by atoms with Crippen molar-refractivity contribution in [1.29, 1.82) is 0 Å². The zero-order valence-electron chi connectivity index (χ0n) is 11.1. The van der Waals surface area contributed by atoms with E-state index in [1.807, 2.05) is 20.8 Å². The topological polar surface area (TPSA) is 35.5 Å². The second-order valence-corrected chi connectivity index (χ2v) is 5.38. The predicted octanol–water partition coefficient (Wildman–Crippen LogP) is 2.90. The molecule has 0 saturated heterocycles. The van der Waals surface area contributed by atoms with Crippen LogP contribution >= 0.6 is 0 Å². The van der Waals surface area contributed by atoms with Crippen molar-refractivity contribution in [2.75, 3.05) is 7.11 Å². The Hall–Kier alpha value is -0.990. The van der Waals surface area contributed by atoms with Gasteiger partial charge in [0, 0.05) is 5.41 Å². The van der Waals surface area contributed by atoms with Crippen molar-refractivity contribution < 1.29 is 14.3 Å². The van der Waals surface area contributed by atoms with Crippen LogP contribution in [-0.4, -0.2) is 19.2 Å². The first-order valence-corrected chi connectivity index (χ1v) is 5.77. The SMILES string of the molecule is COC(=O)C1=C(C)OC(CC(C)C)C1(C)C. The normalized spacial score (nSPS) is 23.6. The van der Waals surface area contributed by atoms with Gasteiger partial charge in [0.15, 0.2) is 0 Å². The Bertz CT molecular complexity index is 313. The molecule has 0 aromatic carbocycles. The molecule has 1 atom stereocenters. The molecule has 0 aromatic heterocycles. The minimum absolute atomic E-state index is 0.0709. The lowest BCUT2D eigenvalue weighted by Gasteiger charge is -2.28. The largest absolute Gasteiger partial charge is 0.494 e. The molecule has 0 bridgehead atoms. The number of hydrogen-bond donors (Lipinski definition) is 0. The van der Waals surface area contributed by atoms with Crippen LogP contribution < -0.4 is 0 Å². The van der Waals surface area contributed by atoms with Gasteiger partial charge in [-0.2, -0.15) is 0 Å². The van der Waals surface area contributed by atoms with Crippen molar-refractivity contribution >= 4 is 5.97 Å². The molecule has 1 aliphatic rings. The average molecular weight is 226 g/mol. The summed E-state index contributed by atoms with van der Waals surface area (Å²) in [6, 6.07) is 0. The first-order chi connectivity index (χ1) is 7.30. The molecule has 92 valence electrons. The summed E-state index contributed by atoms with van der Waals surface area (Å²) in [7, 11) is 1.41.